The van der Waals surface area contributed by atoms with Crippen LogP contribution in [-0.2, 0) is 4.79 Å². The minimum absolute atomic E-state index is 0.116. The van der Waals surface area contributed by atoms with Crippen LogP contribution in [0.15, 0.2) is 24.3 Å². The molecule has 0 bridgehead atoms. The Kier molecular flexibility index (Phi) is 2.79. The second-order valence-electron chi connectivity index (χ2n) is 4.56. The van der Waals surface area contributed by atoms with Gasteiger partial charge in [0, 0.05) is 12.0 Å². The highest BCUT2D eigenvalue weighted by Crippen LogP contribution is 2.23. The summed E-state index contributed by atoms with van der Waals surface area (Å²) in [6.45, 7) is 5.49. The van der Waals surface area contributed by atoms with Gasteiger partial charge in [0.1, 0.15) is 0 Å². The second-order valence-corrected chi connectivity index (χ2v) is 4.56. The van der Waals surface area contributed by atoms with Gasteiger partial charge in [0.2, 0.25) is 5.67 Å². The molecule has 1 rings (SSSR count). The molecule has 78 valence electrons. The van der Waals surface area contributed by atoms with Gasteiger partial charge >= 0.3 is 0 Å². The first-order valence-corrected chi connectivity index (χ1v) is 4.69. The number of hydrogen-bond acceptors (Lipinski definition) is 1. The van der Waals surface area contributed by atoms with Crippen molar-refractivity contribution in [1.82, 2.24) is 5.32 Å². The highest BCUT2D eigenvalue weighted by atomic mass is 19.1. The van der Waals surface area contributed by atoms with E-state index in [0.29, 0.717) is 0 Å². The Balaban J connectivity index is 2.69. The average molecular weight is 197 g/mol. The van der Waals surface area contributed by atoms with Crippen LogP contribution in [0.5, 0.6) is 0 Å². The Morgan fingerprint density at radius 2 is 2.07 bits per heavy atom. The smallest absolute Gasteiger partial charge is 0.262 e. The Hall–Kier alpha value is -1.12. The molecule has 0 aliphatic heterocycles. The van der Waals surface area contributed by atoms with Crippen molar-refractivity contribution in [1.29, 1.82) is 0 Å². The van der Waals surface area contributed by atoms with Crippen molar-refractivity contribution in [2.75, 3.05) is 0 Å². The fourth-order valence-corrected chi connectivity index (χ4v) is 1.21. The van der Waals surface area contributed by atoms with E-state index < -0.39 is 17.1 Å². The summed E-state index contributed by atoms with van der Waals surface area (Å²) in [5.41, 5.74) is -2.27. The van der Waals surface area contributed by atoms with E-state index in [4.69, 9.17) is 0 Å². The van der Waals surface area contributed by atoms with Crippen LogP contribution in [0.25, 0.3) is 0 Å². The Labute approximate surface area is 83.9 Å². The molecule has 0 aromatic rings. The van der Waals surface area contributed by atoms with Crippen LogP contribution in [0.2, 0.25) is 0 Å². The van der Waals surface area contributed by atoms with Crippen molar-refractivity contribution < 1.29 is 9.18 Å². The molecule has 0 saturated carbocycles. The standard InChI is InChI=1S/C11H16FNO/c1-10(2,3)13-9(14)11(12)7-5-4-6-8-11/h4-7H,8H2,1-3H3,(H,13,14). The van der Waals surface area contributed by atoms with Gasteiger partial charge in [-0.25, -0.2) is 4.39 Å². The fraction of sp³-hybridized carbons (Fsp3) is 0.545. The zero-order valence-corrected chi connectivity index (χ0v) is 8.80. The lowest BCUT2D eigenvalue weighted by molar-refractivity contribution is -0.131. The Bertz CT molecular complexity index is 288. The molecule has 0 spiro atoms. The zero-order valence-electron chi connectivity index (χ0n) is 8.80. The summed E-state index contributed by atoms with van der Waals surface area (Å²) in [5, 5.41) is 2.63. The van der Waals surface area contributed by atoms with Crippen LogP contribution < -0.4 is 5.32 Å². The van der Waals surface area contributed by atoms with Gasteiger partial charge in [-0.15, -0.1) is 0 Å². The first kappa shape index (κ1) is 11.0. The number of nitrogens with one attached hydrogen (secondary N) is 1. The van der Waals surface area contributed by atoms with E-state index in [1.807, 2.05) is 20.8 Å². The van der Waals surface area contributed by atoms with Gasteiger partial charge in [0.05, 0.1) is 0 Å². The van der Waals surface area contributed by atoms with Crippen molar-refractivity contribution in [2.45, 2.75) is 38.4 Å². The molecule has 0 radical (unpaired) electrons. The third kappa shape index (κ3) is 2.69. The van der Waals surface area contributed by atoms with Crippen molar-refractivity contribution in [3.63, 3.8) is 0 Å². The number of allylic oxidation sites excluding steroid dienone is 3. The van der Waals surface area contributed by atoms with Gasteiger partial charge in [-0.1, -0.05) is 18.2 Å². The number of carbonyl (C=O) groups is 1. The van der Waals surface area contributed by atoms with E-state index in [1.54, 1.807) is 18.2 Å². The summed E-state index contributed by atoms with van der Waals surface area (Å²) in [6.07, 6.45) is 6.37. The molecule has 0 heterocycles. The van der Waals surface area contributed by atoms with E-state index >= 15 is 0 Å². The maximum absolute atomic E-state index is 13.9. The predicted octanol–water partition coefficient (Wildman–Crippen LogP) is 2.13. The third-order valence-corrected chi connectivity index (χ3v) is 1.89. The van der Waals surface area contributed by atoms with Crippen LogP contribution in [-0.4, -0.2) is 17.1 Å². The molecule has 1 N–H and O–H groups in total. The molecule has 14 heavy (non-hydrogen) atoms. The summed E-state index contributed by atoms with van der Waals surface area (Å²) in [5.74, 6) is -0.564. The summed E-state index contributed by atoms with van der Waals surface area (Å²) in [4.78, 5) is 11.6. The van der Waals surface area contributed by atoms with Gasteiger partial charge < -0.3 is 5.32 Å². The predicted molar refractivity (Wildman–Crippen MR) is 54.6 cm³/mol. The molecule has 0 saturated heterocycles. The molecular formula is C11H16FNO. The molecule has 1 aliphatic carbocycles. The minimum atomic E-state index is -1.87. The number of rotatable bonds is 1. The Morgan fingerprint density at radius 1 is 1.43 bits per heavy atom. The average Bonchev–Trinajstić information content (AvgIpc) is 2.02. The topological polar surface area (TPSA) is 29.1 Å². The second kappa shape index (κ2) is 3.56. The van der Waals surface area contributed by atoms with E-state index in [9.17, 15) is 9.18 Å². The van der Waals surface area contributed by atoms with Gasteiger partial charge in [-0.05, 0) is 26.8 Å². The highest BCUT2D eigenvalue weighted by molar-refractivity contribution is 5.88. The lowest BCUT2D eigenvalue weighted by atomic mass is 9.95. The largest absolute Gasteiger partial charge is 0.348 e. The van der Waals surface area contributed by atoms with Crippen LogP contribution in [0.1, 0.15) is 27.2 Å². The minimum Gasteiger partial charge on any atom is -0.348 e. The molecule has 2 nitrogen and oxygen atoms in total. The van der Waals surface area contributed by atoms with Crippen molar-refractivity contribution >= 4 is 5.91 Å². The maximum Gasteiger partial charge on any atom is 0.262 e. The first-order chi connectivity index (χ1) is 6.33. The van der Waals surface area contributed by atoms with Crippen molar-refractivity contribution in [3.05, 3.63) is 24.3 Å². The molecule has 1 aliphatic rings. The SMILES string of the molecule is CC(C)(C)NC(=O)C1(F)C=CC=CC1. The van der Waals surface area contributed by atoms with E-state index in [-0.39, 0.29) is 6.42 Å². The molecule has 1 amide bonds. The molecule has 3 heteroatoms. The van der Waals surface area contributed by atoms with Crippen molar-refractivity contribution in [2.24, 2.45) is 0 Å². The summed E-state index contributed by atoms with van der Waals surface area (Å²) < 4.78 is 13.9. The van der Waals surface area contributed by atoms with Gasteiger partial charge in [-0.3, -0.25) is 4.79 Å². The summed E-state index contributed by atoms with van der Waals surface area (Å²) >= 11 is 0. The van der Waals surface area contributed by atoms with Gasteiger partial charge in [-0.2, -0.15) is 0 Å². The Morgan fingerprint density at radius 3 is 2.50 bits per heavy atom. The zero-order chi connectivity index (χ0) is 10.8. The van der Waals surface area contributed by atoms with E-state index in [0.717, 1.165) is 0 Å². The lowest BCUT2D eigenvalue weighted by Gasteiger charge is -2.27. The maximum atomic E-state index is 13.9. The molecule has 0 fully saturated rings. The van der Waals surface area contributed by atoms with E-state index in [2.05, 4.69) is 5.32 Å². The van der Waals surface area contributed by atoms with Gasteiger partial charge in [0.15, 0.2) is 0 Å². The molecule has 1 unspecified atom stereocenters. The molecule has 0 aromatic carbocycles. The van der Waals surface area contributed by atoms with Gasteiger partial charge in [0.25, 0.3) is 5.91 Å². The fourth-order valence-electron chi connectivity index (χ4n) is 1.21. The first-order valence-electron chi connectivity index (χ1n) is 4.69. The number of amides is 1. The normalized spacial score (nSPS) is 26.3. The number of hydrogen-bond donors (Lipinski definition) is 1. The summed E-state index contributed by atoms with van der Waals surface area (Å²) in [7, 11) is 0. The van der Waals surface area contributed by atoms with Crippen LogP contribution in [0.4, 0.5) is 4.39 Å². The van der Waals surface area contributed by atoms with Crippen LogP contribution in [0.3, 0.4) is 0 Å². The molecular weight excluding hydrogens is 181 g/mol. The van der Waals surface area contributed by atoms with E-state index in [1.165, 1.54) is 6.08 Å². The number of carbonyl (C=O) groups excluding carboxylic acids is 1. The number of alkyl halides is 1. The van der Waals surface area contributed by atoms with Crippen LogP contribution in [0, 0.1) is 0 Å². The monoisotopic (exact) mass is 197 g/mol. The molecule has 0 aromatic heterocycles. The van der Waals surface area contributed by atoms with Crippen LogP contribution >= 0.6 is 0 Å². The lowest BCUT2D eigenvalue weighted by Crippen LogP contribution is -2.50. The van der Waals surface area contributed by atoms with Crippen molar-refractivity contribution in [3.8, 4) is 0 Å². The molecule has 1 atom stereocenters. The third-order valence-electron chi connectivity index (χ3n) is 1.89. The number of halogens is 1. The summed E-state index contributed by atoms with van der Waals surface area (Å²) in [6, 6.07) is 0. The quantitative estimate of drug-likeness (QED) is 0.685. The highest BCUT2D eigenvalue weighted by Gasteiger charge is 2.37.